The van der Waals surface area contributed by atoms with E-state index in [-0.39, 0.29) is 11.9 Å². The Morgan fingerprint density at radius 3 is 2.69 bits per heavy atom. The molecule has 0 bridgehead atoms. The van der Waals surface area contributed by atoms with Gasteiger partial charge in [-0.15, -0.1) is 0 Å². The molecule has 16 heavy (non-hydrogen) atoms. The Bertz CT molecular complexity index is 487. The largest absolute Gasteiger partial charge is 0.212 e. The lowest BCUT2D eigenvalue weighted by Crippen LogP contribution is -2.29. The fourth-order valence-corrected chi connectivity index (χ4v) is 3.34. The fourth-order valence-electron chi connectivity index (χ4n) is 2.19. The molecule has 2 rings (SSSR count). The average Bonchev–Trinajstić information content (AvgIpc) is 2.66. The molecule has 0 saturated carbocycles. The van der Waals surface area contributed by atoms with Crippen LogP contribution in [0.3, 0.4) is 0 Å². The maximum atomic E-state index is 13.6. The summed E-state index contributed by atoms with van der Waals surface area (Å²) in [6.07, 6.45) is 2.65. The molecule has 1 heterocycles. The maximum Gasteiger partial charge on any atom is 0.211 e. The topological polar surface area (TPSA) is 37.4 Å². The molecule has 0 spiro atoms. The lowest BCUT2D eigenvalue weighted by Gasteiger charge is -2.22. The van der Waals surface area contributed by atoms with E-state index in [2.05, 4.69) is 0 Å². The van der Waals surface area contributed by atoms with E-state index in [1.54, 1.807) is 18.2 Å². The Morgan fingerprint density at radius 1 is 1.38 bits per heavy atom. The third-order valence-electron chi connectivity index (χ3n) is 2.89. The number of nitrogens with zero attached hydrogens (tertiary/aromatic N) is 1. The Labute approximate surface area is 94.9 Å². The predicted octanol–water partition coefficient (Wildman–Crippen LogP) is 1.92. The highest BCUT2D eigenvalue weighted by Gasteiger charge is 2.33. The number of rotatable bonds is 2. The van der Waals surface area contributed by atoms with Crippen molar-refractivity contribution in [2.75, 3.05) is 12.8 Å². The minimum absolute atomic E-state index is 0.331. The predicted molar refractivity (Wildman–Crippen MR) is 59.9 cm³/mol. The van der Waals surface area contributed by atoms with Crippen LogP contribution in [-0.2, 0) is 10.0 Å². The van der Waals surface area contributed by atoms with Crippen LogP contribution in [0.5, 0.6) is 0 Å². The van der Waals surface area contributed by atoms with Gasteiger partial charge in [-0.1, -0.05) is 18.2 Å². The zero-order chi connectivity index (χ0) is 11.8. The molecule has 0 radical (unpaired) electrons. The van der Waals surface area contributed by atoms with Crippen LogP contribution in [0, 0.1) is 5.82 Å². The van der Waals surface area contributed by atoms with Crippen molar-refractivity contribution >= 4 is 10.0 Å². The summed E-state index contributed by atoms with van der Waals surface area (Å²) in [4.78, 5) is 0. The van der Waals surface area contributed by atoms with E-state index < -0.39 is 10.0 Å². The van der Waals surface area contributed by atoms with Crippen LogP contribution in [0.4, 0.5) is 4.39 Å². The Balaban J connectivity index is 2.38. The van der Waals surface area contributed by atoms with E-state index in [0.29, 0.717) is 18.5 Å². The van der Waals surface area contributed by atoms with Crippen molar-refractivity contribution in [2.24, 2.45) is 0 Å². The third kappa shape index (κ3) is 2.10. The van der Waals surface area contributed by atoms with Gasteiger partial charge in [-0.2, -0.15) is 4.31 Å². The molecular weight excluding hydrogens is 229 g/mol. The molecule has 1 saturated heterocycles. The van der Waals surface area contributed by atoms with E-state index in [1.807, 2.05) is 0 Å². The van der Waals surface area contributed by atoms with Crippen LogP contribution in [0.15, 0.2) is 24.3 Å². The summed E-state index contributed by atoms with van der Waals surface area (Å²) >= 11 is 0. The Morgan fingerprint density at radius 2 is 2.06 bits per heavy atom. The molecular formula is C11H14FNO2S. The molecule has 5 heteroatoms. The number of halogens is 1. The molecule has 1 atom stereocenters. The first-order valence-electron chi connectivity index (χ1n) is 5.21. The highest BCUT2D eigenvalue weighted by atomic mass is 32.2. The summed E-state index contributed by atoms with van der Waals surface area (Å²) in [6, 6.07) is 6.03. The van der Waals surface area contributed by atoms with Crippen LogP contribution in [-0.4, -0.2) is 25.5 Å². The van der Waals surface area contributed by atoms with Crippen molar-refractivity contribution in [3.8, 4) is 0 Å². The van der Waals surface area contributed by atoms with E-state index in [0.717, 1.165) is 6.42 Å². The first kappa shape index (κ1) is 11.5. The molecule has 1 aromatic rings. The molecule has 0 N–H and O–H groups in total. The minimum Gasteiger partial charge on any atom is -0.212 e. The monoisotopic (exact) mass is 243 g/mol. The molecule has 1 aliphatic heterocycles. The highest BCUT2D eigenvalue weighted by Crippen LogP contribution is 2.34. The van der Waals surface area contributed by atoms with Crippen LogP contribution in [0.1, 0.15) is 24.4 Å². The van der Waals surface area contributed by atoms with Crippen molar-refractivity contribution in [3.63, 3.8) is 0 Å². The van der Waals surface area contributed by atoms with Crippen LogP contribution >= 0.6 is 0 Å². The van der Waals surface area contributed by atoms with Gasteiger partial charge in [0.05, 0.1) is 12.3 Å². The average molecular weight is 243 g/mol. The Kier molecular flexibility index (Phi) is 2.99. The van der Waals surface area contributed by atoms with E-state index in [4.69, 9.17) is 0 Å². The van der Waals surface area contributed by atoms with Crippen molar-refractivity contribution < 1.29 is 12.8 Å². The zero-order valence-corrected chi connectivity index (χ0v) is 9.87. The van der Waals surface area contributed by atoms with Gasteiger partial charge in [-0.25, -0.2) is 12.8 Å². The molecule has 0 unspecified atom stereocenters. The van der Waals surface area contributed by atoms with Gasteiger partial charge in [-0.3, -0.25) is 0 Å². The second kappa shape index (κ2) is 4.14. The zero-order valence-electron chi connectivity index (χ0n) is 9.06. The smallest absolute Gasteiger partial charge is 0.211 e. The number of sulfonamides is 1. The molecule has 0 aliphatic carbocycles. The lowest BCUT2D eigenvalue weighted by molar-refractivity contribution is 0.389. The van der Waals surface area contributed by atoms with Crippen molar-refractivity contribution in [1.29, 1.82) is 0 Å². The standard InChI is InChI=1S/C11H14FNO2S/c1-16(14,15)13-8-4-7-11(13)9-5-2-3-6-10(9)12/h2-3,5-6,11H,4,7-8H2,1H3/t11-/m0/s1. The third-order valence-corrected chi connectivity index (χ3v) is 4.18. The second-order valence-electron chi connectivity index (χ2n) is 4.05. The second-order valence-corrected chi connectivity index (χ2v) is 5.99. The van der Waals surface area contributed by atoms with Gasteiger partial charge in [0.25, 0.3) is 0 Å². The number of hydrogen-bond donors (Lipinski definition) is 0. The van der Waals surface area contributed by atoms with Crippen molar-refractivity contribution in [1.82, 2.24) is 4.31 Å². The van der Waals surface area contributed by atoms with Gasteiger partial charge in [0.15, 0.2) is 0 Å². The molecule has 3 nitrogen and oxygen atoms in total. The molecule has 1 fully saturated rings. The normalized spacial score (nSPS) is 22.5. The van der Waals surface area contributed by atoms with Gasteiger partial charge in [-0.05, 0) is 18.9 Å². The SMILES string of the molecule is CS(=O)(=O)N1CCC[C@H]1c1ccccc1F. The van der Waals surface area contributed by atoms with E-state index in [1.165, 1.54) is 16.6 Å². The van der Waals surface area contributed by atoms with E-state index >= 15 is 0 Å². The Hall–Kier alpha value is -0.940. The van der Waals surface area contributed by atoms with Gasteiger partial charge in [0.2, 0.25) is 10.0 Å². The van der Waals surface area contributed by atoms with Crippen LogP contribution < -0.4 is 0 Å². The van der Waals surface area contributed by atoms with E-state index in [9.17, 15) is 12.8 Å². The van der Waals surface area contributed by atoms with Gasteiger partial charge >= 0.3 is 0 Å². The van der Waals surface area contributed by atoms with Gasteiger partial charge < -0.3 is 0 Å². The number of hydrogen-bond acceptors (Lipinski definition) is 2. The van der Waals surface area contributed by atoms with Crippen LogP contribution in [0.2, 0.25) is 0 Å². The van der Waals surface area contributed by atoms with Crippen molar-refractivity contribution in [3.05, 3.63) is 35.6 Å². The highest BCUT2D eigenvalue weighted by molar-refractivity contribution is 7.88. The summed E-state index contributed by atoms with van der Waals surface area (Å²) in [7, 11) is -3.25. The first-order valence-corrected chi connectivity index (χ1v) is 7.06. The molecule has 1 aromatic carbocycles. The first-order chi connectivity index (χ1) is 7.50. The summed E-state index contributed by atoms with van der Waals surface area (Å²) in [5, 5.41) is 0. The maximum absolute atomic E-state index is 13.6. The van der Waals surface area contributed by atoms with Gasteiger partial charge in [0, 0.05) is 12.1 Å². The van der Waals surface area contributed by atoms with Gasteiger partial charge in [0.1, 0.15) is 5.82 Å². The summed E-state index contributed by atoms with van der Waals surface area (Å²) in [6.45, 7) is 0.484. The molecule has 1 aliphatic rings. The lowest BCUT2D eigenvalue weighted by atomic mass is 10.1. The molecule has 0 aromatic heterocycles. The fraction of sp³-hybridized carbons (Fsp3) is 0.455. The van der Waals surface area contributed by atoms with Crippen molar-refractivity contribution in [2.45, 2.75) is 18.9 Å². The molecule has 88 valence electrons. The summed E-state index contributed by atoms with van der Waals surface area (Å²) in [5.41, 5.74) is 0.477. The summed E-state index contributed by atoms with van der Waals surface area (Å²) in [5.74, 6) is -0.331. The molecule has 0 amide bonds. The van der Waals surface area contributed by atoms with Crippen LogP contribution in [0.25, 0.3) is 0 Å². The number of benzene rings is 1. The summed E-state index contributed by atoms with van der Waals surface area (Å²) < 4.78 is 38.0. The quantitative estimate of drug-likeness (QED) is 0.796. The minimum atomic E-state index is -3.25.